The van der Waals surface area contributed by atoms with Gasteiger partial charge in [0.2, 0.25) is 0 Å². The summed E-state index contributed by atoms with van der Waals surface area (Å²) >= 11 is 0. The van der Waals surface area contributed by atoms with E-state index < -0.39 is 37.1 Å². The summed E-state index contributed by atoms with van der Waals surface area (Å²) in [6, 6.07) is 5.51. The molecule has 1 heterocycles. The van der Waals surface area contributed by atoms with Gasteiger partial charge in [-0.25, -0.2) is 0 Å². The molecule has 7 heteroatoms. The second-order valence-corrected chi connectivity index (χ2v) is 8.48. The molecule has 0 spiro atoms. The topological polar surface area (TPSA) is 109 Å². The van der Waals surface area contributed by atoms with Crippen molar-refractivity contribution in [2.45, 2.75) is 95.3 Å². The monoisotopic (exact) mass is 410 g/mol. The number of aliphatic hydroxyl groups is 4. The Morgan fingerprint density at radius 1 is 1.00 bits per heavy atom. The molecule has 2 fully saturated rings. The molecule has 0 aromatic heterocycles. The summed E-state index contributed by atoms with van der Waals surface area (Å²) in [4.78, 5) is 0. The fraction of sp³-hybridized carbons (Fsp3) is 0.727. The summed E-state index contributed by atoms with van der Waals surface area (Å²) in [5.41, 5.74) is 1.61. The molecule has 0 radical (unpaired) electrons. The van der Waals surface area contributed by atoms with Crippen molar-refractivity contribution in [3.8, 4) is 5.75 Å². The molecule has 1 aromatic carbocycles. The largest absolute Gasteiger partial charge is 0.490 e. The molecule has 5 atom stereocenters. The quantitative estimate of drug-likeness (QED) is 0.564. The van der Waals surface area contributed by atoms with E-state index in [0.717, 1.165) is 31.2 Å². The zero-order valence-electron chi connectivity index (χ0n) is 17.4. The Labute approximate surface area is 172 Å². The standard InChI is InChI=1S/C22H34O7/c1-12(2)27-15-6-8-16(9-7-15)28-17-10-14(5-4-13(17)3)22-21(26)20(25)19(24)18(11-23)29-22/h4-5,10,12,15-16,18-26H,6-9,11H2,1-3H3/t15?,16?,18-,19-,20+,21-,22+/m1/s1. The second kappa shape index (κ2) is 9.73. The molecule has 7 nitrogen and oxygen atoms in total. The summed E-state index contributed by atoms with van der Waals surface area (Å²) in [6.07, 6.45) is -1.46. The lowest BCUT2D eigenvalue weighted by Gasteiger charge is -2.40. The van der Waals surface area contributed by atoms with E-state index in [1.807, 2.05) is 25.1 Å². The van der Waals surface area contributed by atoms with Gasteiger partial charge in [0.25, 0.3) is 0 Å². The highest BCUT2D eigenvalue weighted by molar-refractivity contribution is 5.38. The maximum atomic E-state index is 10.4. The number of benzene rings is 1. The summed E-state index contributed by atoms with van der Waals surface area (Å²) in [7, 11) is 0. The minimum atomic E-state index is -1.40. The minimum Gasteiger partial charge on any atom is -0.490 e. The normalized spacial score (nSPS) is 35.7. The molecule has 1 aliphatic carbocycles. The fourth-order valence-corrected chi connectivity index (χ4v) is 4.15. The number of aliphatic hydroxyl groups excluding tert-OH is 4. The zero-order chi connectivity index (χ0) is 21.1. The van der Waals surface area contributed by atoms with Gasteiger partial charge in [0.1, 0.15) is 36.3 Å². The van der Waals surface area contributed by atoms with Crippen molar-refractivity contribution in [3.63, 3.8) is 0 Å². The Bertz CT molecular complexity index is 655. The van der Waals surface area contributed by atoms with E-state index in [9.17, 15) is 20.4 Å². The summed E-state index contributed by atoms with van der Waals surface area (Å²) in [5, 5.41) is 39.8. The number of hydrogen-bond donors (Lipinski definition) is 4. The summed E-state index contributed by atoms with van der Waals surface area (Å²) < 4.78 is 17.8. The lowest BCUT2D eigenvalue weighted by molar-refractivity contribution is -0.231. The molecule has 0 bridgehead atoms. The second-order valence-electron chi connectivity index (χ2n) is 8.48. The van der Waals surface area contributed by atoms with Crippen LogP contribution in [0.5, 0.6) is 5.75 Å². The van der Waals surface area contributed by atoms with Gasteiger partial charge in [-0.05, 0) is 63.6 Å². The third-order valence-corrected chi connectivity index (χ3v) is 5.81. The Kier molecular flexibility index (Phi) is 7.53. The highest BCUT2D eigenvalue weighted by atomic mass is 16.5. The van der Waals surface area contributed by atoms with Crippen LogP contribution >= 0.6 is 0 Å². The van der Waals surface area contributed by atoms with Crippen molar-refractivity contribution in [1.82, 2.24) is 0 Å². The first kappa shape index (κ1) is 22.5. The lowest BCUT2D eigenvalue weighted by atomic mass is 9.90. The third kappa shape index (κ3) is 5.29. The van der Waals surface area contributed by atoms with Crippen molar-refractivity contribution in [3.05, 3.63) is 29.3 Å². The number of aryl methyl sites for hydroxylation is 1. The van der Waals surface area contributed by atoms with E-state index in [4.69, 9.17) is 14.2 Å². The van der Waals surface area contributed by atoms with Gasteiger partial charge in [-0.3, -0.25) is 0 Å². The van der Waals surface area contributed by atoms with Crippen molar-refractivity contribution < 1.29 is 34.6 Å². The van der Waals surface area contributed by atoms with Gasteiger partial charge in [-0.2, -0.15) is 0 Å². The smallest absolute Gasteiger partial charge is 0.122 e. The number of rotatable bonds is 6. The van der Waals surface area contributed by atoms with Gasteiger partial charge in [0, 0.05) is 0 Å². The van der Waals surface area contributed by atoms with Crippen LogP contribution in [0, 0.1) is 6.92 Å². The predicted molar refractivity (Wildman–Crippen MR) is 107 cm³/mol. The Balaban J connectivity index is 1.69. The van der Waals surface area contributed by atoms with Crippen LogP contribution in [-0.4, -0.2) is 69.8 Å². The average molecular weight is 411 g/mol. The molecule has 0 unspecified atom stereocenters. The first-order valence-corrected chi connectivity index (χ1v) is 10.5. The molecule has 2 aliphatic rings. The maximum Gasteiger partial charge on any atom is 0.122 e. The van der Waals surface area contributed by atoms with E-state index >= 15 is 0 Å². The van der Waals surface area contributed by atoms with E-state index in [0.29, 0.717) is 11.3 Å². The molecule has 29 heavy (non-hydrogen) atoms. The van der Waals surface area contributed by atoms with Crippen molar-refractivity contribution >= 4 is 0 Å². The fourth-order valence-electron chi connectivity index (χ4n) is 4.15. The van der Waals surface area contributed by atoms with Gasteiger partial charge in [0.05, 0.1) is 24.9 Å². The van der Waals surface area contributed by atoms with Gasteiger partial charge in [-0.15, -0.1) is 0 Å². The van der Waals surface area contributed by atoms with Crippen LogP contribution in [0.25, 0.3) is 0 Å². The first-order valence-electron chi connectivity index (χ1n) is 10.5. The molecule has 1 saturated carbocycles. The highest BCUT2D eigenvalue weighted by Gasteiger charge is 2.44. The number of hydrogen-bond acceptors (Lipinski definition) is 7. The molecule has 1 aromatic rings. The van der Waals surface area contributed by atoms with Crippen LogP contribution in [0.2, 0.25) is 0 Å². The Morgan fingerprint density at radius 2 is 1.66 bits per heavy atom. The Hall–Kier alpha value is -1.22. The van der Waals surface area contributed by atoms with E-state index in [-0.39, 0.29) is 18.3 Å². The minimum absolute atomic E-state index is 0.103. The van der Waals surface area contributed by atoms with Gasteiger partial charge in [-0.1, -0.05) is 12.1 Å². The van der Waals surface area contributed by atoms with Crippen LogP contribution in [0.4, 0.5) is 0 Å². The van der Waals surface area contributed by atoms with Crippen molar-refractivity contribution in [1.29, 1.82) is 0 Å². The van der Waals surface area contributed by atoms with Gasteiger partial charge in [0.15, 0.2) is 0 Å². The van der Waals surface area contributed by atoms with Crippen molar-refractivity contribution in [2.75, 3.05) is 6.61 Å². The van der Waals surface area contributed by atoms with Crippen LogP contribution < -0.4 is 4.74 Å². The third-order valence-electron chi connectivity index (χ3n) is 5.81. The molecule has 1 saturated heterocycles. The van der Waals surface area contributed by atoms with E-state index in [1.54, 1.807) is 0 Å². The van der Waals surface area contributed by atoms with Crippen LogP contribution in [0.15, 0.2) is 18.2 Å². The summed E-state index contributed by atoms with van der Waals surface area (Å²) in [5.74, 6) is 0.715. The molecular weight excluding hydrogens is 376 g/mol. The van der Waals surface area contributed by atoms with Crippen LogP contribution in [0.3, 0.4) is 0 Å². The maximum absolute atomic E-state index is 10.4. The number of ether oxygens (including phenoxy) is 3. The zero-order valence-corrected chi connectivity index (χ0v) is 17.4. The summed E-state index contributed by atoms with van der Waals surface area (Å²) in [6.45, 7) is 5.62. The molecule has 0 amide bonds. The first-order chi connectivity index (χ1) is 13.8. The highest BCUT2D eigenvalue weighted by Crippen LogP contribution is 2.35. The van der Waals surface area contributed by atoms with Gasteiger partial charge < -0.3 is 34.6 Å². The molecule has 164 valence electrons. The lowest BCUT2D eigenvalue weighted by Crippen LogP contribution is -2.55. The van der Waals surface area contributed by atoms with Gasteiger partial charge >= 0.3 is 0 Å². The van der Waals surface area contributed by atoms with Crippen molar-refractivity contribution in [2.24, 2.45) is 0 Å². The SMILES string of the molecule is Cc1ccc([C@@H]2O[C@H](CO)[C@@H](O)[C@H](O)[C@H]2O)cc1OC1CCC(OC(C)C)CC1. The average Bonchev–Trinajstić information content (AvgIpc) is 2.69. The molecule has 1 aliphatic heterocycles. The van der Waals surface area contributed by atoms with Crippen LogP contribution in [-0.2, 0) is 9.47 Å². The van der Waals surface area contributed by atoms with E-state index in [1.165, 1.54) is 0 Å². The molecule has 4 N–H and O–H groups in total. The van der Waals surface area contributed by atoms with Crippen LogP contribution in [0.1, 0.15) is 56.8 Å². The predicted octanol–water partition coefficient (Wildman–Crippen LogP) is 1.62. The molecular formula is C22H34O7. The Morgan fingerprint density at radius 3 is 2.28 bits per heavy atom. The van der Waals surface area contributed by atoms with E-state index in [2.05, 4.69) is 13.8 Å². The molecule has 3 rings (SSSR count).